The topological polar surface area (TPSA) is 161 Å². The smallest absolute Gasteiger partial charge is 0.236 e. The Hall–Kier alpha value is -4.15. The van der Waals surface area contributed by atoms with Crippen LogP contribution in [0.15, 0.2) is 46.9 Å². The van der Waals surface area contributed by atoms with E-state index in [0.29, 0.717) is 43.9 Å². The highest BCUT2D eigenvalue weighted by Crippen LogP contribution is 2.37. The summed E-state index contributed by atoms with van der Waals surface area (Å²) in [7, 11) is -2.34. The average molecular weight is 539 g/mol. The minimum atomic E-state index is -3.79. The third-order valence-electron chi connectivity index (χ3n) is 6.23. The van der Waals surface area contributed by atoms with Crippen molar-refractivity contribution < 1.29 is 28.1 Å². The lowest BCUT2D eigenvalue weighted by Gasteiger charge is -2.25. The Labute approximate surface area is 218 Å². The van der Waals surface area contributed by atoms with Gasteiger partial charge in [0.15, 0.2) is 28.6 Å². The van der Waals surface area contributed by atoms with Crippen molar-refractivity contribution in [2.75, 3.05) is 18.4 Å². The van der Waals surface area contributed by atoms with Gasteiger partial charge < -0.3 is 19.7 Å². The minimum absolute atomic E-state index is 0.0164. The van der Waals surface area contributed by atoms with Gasteiger partial charge in [-0.2, -0.15) is 0 Å². The number of phenolic OH excluding ortho intramolecular Hbond substituents is 1. The molecule has 2 aliphatic rings. The number of aliphatic imine (C=N–C) groups is 1. The normalized spacial score (nSPS) is 19.2. The number of aromatic nitrogens is 4. The molecule has 0 amide bonds. The van der Waals surface area contributed by atoms with Crippen molar-refractivity contribution in [1.29, 1.82) is 0 Å². The molecule has 0 bridgehead atoms. The van der Waals surface area contributed by atoms with E-state index in [4.69, 9.17) is 9.47 Å². The fourth-order valence-electron chi connectivity index (χ4n) is 4.42. The number of benzene rings is 1. The van der Waals surface area contributed by atoms with E-state index in [1.807, 2.05) is 6.92 Å². The zero-order valence-electron chi connectivity index (χ0n) is 20.7. The van der Waals surface area contributed by atoms with Crippen LogP contribution in [0.25, 0.3) is 22.7 Å². The molecule has 13 heteroatoms. The summed E-state index contributed by atoms with van der Waals surface area (Å²) in [5.41, 5.74) is 6.52. The number of aliphatic hydroxyl groups is 1. The number of fused-ring (bicyclic) bond motifs is 1. The lowest BCUT2D eigenvalue weighted by Crippen LogP contribution is -2.33. The largest absolute Gasteiger partial charge is 0.506 e. The number of hydrogen-bond acceptors (Lipinski definition) is 10. The molecule has 2 aromatic heterocycles. The maximum absolute atomic E-state index is 13.1. The summed E-state index contributed by atoms with van der Waals surface area (Å²) in [5.74, 6) is 0.666. The van der Waals surface area contributed by atoms with Crippen LogP contribution in [0.3, 0.4) is 0 Å². The molecular weight excluding hydrogens is 512 g/mol. The molecule has 0 atom stereocenters. The Morgan fingerprint density at radius 1 is 1.21 bits per heavy atom. The van der Waals surface area contributed by atoms with Gasteiger partial charge in [0.05, 0.1) is 37.3 Å². The van der Waals surface area contributed by atoms with Crippen LogP contribution in [0, 0.1) is 0 Å². The van der Waals surface area contributed by atoms with Crippen molar-refractivity contribution in [3.63, 3.8) is 0 Å². The summed E-state index contributed by atoms with van der Waals surface area (Å²) in [6.07, 6.45) is 3.86. The predicted molar refractivity (Wildman–Crippen MR) is 140 cm³/mol. The molecule has 1 fully saturated rings. The molecule has 12 nitrogen and oxygen atoms in total. The van der Waals surface area contributed by atoms with E-state index in [0.717, 1.165) is 0 Å². The highest BCUT2D eigenvalue weighted by Gasteiger charge is 2.31. The maximum atomic E-state index is 13.1. The number of nitrogens with zero attached hydrogens (tertiary/aromatic N) is 5. The number of imidazole rings is 1. The Morgan fingerprint density at radius 2 is 2.00 bits per heavy atom. The Bertz CT molecular complexity index is 1630. The van der Waals surface area contributed by atoms with E-state index < -0.39 is 21.4 Å². The second-order valence-electron chi connectivity index (χ2n) is 8.72. The van der Waals surface area contributed by atoms with Crippen LogP contribution in [0.4, 0.5) is 5.82 Å². The summed E-state index contributed by atoms with van der Waals surface area (Å²) in [6.45, 7) is 2.21. The number of nitrogens with one attached hydrogen (secondary N) is 1. The van der Waals surface area contributed by atoms with E-state index in [1.165, 1.54) is 30.0 Å². The molecule has 5 rings (SSSR count). The molecule has 3 N–H and O–H groups in total. The number of aromatic hydroxyl groups is 1. The first-order valence-electron chi connectivity index (χ1n) is 12.1. The highest BCUT2D eigenvalue weighted by molar-refractivity contribution is 7.93. The van der Waals surface area contributed by atoms with Gasteiger partial charge in [0, 0.05) is 0 Å². The average Bonchev–Trinajstić information content (AvgIpc) is 3.27. The van der Waals surface area contributed by atoms with Crippen molar-refractivity contribution in [3.05, 3.63) is 47.8 Å². The molecule has 0 spiro atoms. The molecule has 38 heavy (non-hydrogen) atoms. The fourth-order valence-corrected chi connectivity index (χ4v) is 5.87. The summed E-state index contributed by atoms with van der Waals surface area (Å²) in [6, 6.07) is 4.75. The molecule has 1 aromatic carbocycles. The first kappa shape index (κ1) is 25.5. The minimum Gasteiger partial charge on any atom is -0.506 e. The summed E-state index contributed by atoms with van der Waals surface area (Å²) in [4.78, 5) is 17.9. The van der Waals surface area contributed by atoms with Gasteiger partial charge in [-0.15, -0.1) is 0 Å². The molecule has 1 aliphatic carbocycles. The molecule has 3 heterocycles. The maximum Gasteiger partial charge on any atom is 0.236 e. The van der Waals surface area contributed by atoms with Crippen LogP contribution in [0.1, 0.15) is 38.4 Å². The Morgan fingerprint density at radius 3 is 2.74 bits per heavy atom. The van der Waals surface area contributed by atoms with Gasteiger partial charge in [-0.1, -0.05) is 11.8 Å². The number of phenols is 1. The Balaban J connectivity index is 1.66. The number of ether oxygens (including phenoxy) is 2. The molecule has 0 saturated heterocycles. The quantitative estimate of drug-likeness (QED) is 0.384. The predicted octanol–water partition coefficient (Wildman–Crippen LogP) is 2.67. The van der Waals surface area contributed by atoms with Crippen LogP contribution in [0.5, 0.6) is 11.5 Å². The Kier molecular flexibility index (Phi) is 6.92. The lowest BCUT2D eigenvalue weighted by molar-refractivity contribution is 0.131. The van der Waals surface area contributed by atoms with Gasteiger partial charge in [-0.3, -0.25) is 9.29 Å². The van der Waals surface area contributed by atoms with Crippen molar-refractivity contribution in [3.8, 4) is 17.2 Å². The third kappa shape index (κ3) is 4.88. The third-order valence-corrected chi connectivity index (χ3v) is 8.08. The number of para-hydroxylation sites is 1. The van der Waals surface area contributed by atoms with Gasteiger partial charge in [-0.25, -0.2) is 28.4 Å². The molecule has 1 saturated carbocycles. The molecule has 0 unspecified atom stereocenters. The number of hydrogen-bond donors (Lipinski definition) is 3. The molecule has 0 radical (unpaired) electrons. The molecule has 198 valence electrons. The summed E-state index contributed by atoms with van der Waals surface area (Å²) >= 11 is 0. The number of methoxy groups -OCH3 is 1. The lowest BCUT2D eigenvalue weighted by atomic mass is 9.97. The summed E-state index contributed by atoms with van der Waals surface area (Å²) < 4.78 is 41.1. The number of rotatable bonds is 7. The number of aliphatic hydroxyl groups excluding tert-OH is 1. The first-order valence-corrected chi connectivity index (χ1v) is 13.6. The monoisotopic (exact) mass is 538 g/mol. The van der Waals surface area contributed by atoms with Crippen LogP contribution < -0.4 is 9.46 Å². The zero-order valence-corrected chi connectivity index (χ0v) is 21.6. The zero-order chi connectivity index (χ0) is 26.9. The summed E-state index contributed by atoms with van der Waals surface area (Å²) in [5, 5.41) is 19.9. The van der Waals surface area contributed by atoms with Gasteiger partial charge in [0.1, 0.15) is 17.2 Å². The molecule has 3 aromatic rings. The number of sulfonamides is 1. The van der Waals surface area contributed by atoms with Crippen molar-refractivity contribution >= 4 is 38.7 Å². The van der Waals surface area contributed by atoms with E-state index in [2.05, 4.69) is 36.1 Å². The van der Waals surface area contributed by atoms with Crippen LogP contribution in [-0.2, 0) is 14.8 Å². The van der Waals surface area contributed by atoms with Crippen molar-refractivity contribution in [1.82, 2.24) is 19.5 Å². The SMILES string of the molecule is CCOC1=NC(c2nc3ncc(NS(=O)(=O)C4CCC(O)CC4)nc3n2-c2c(O)cccc2OC)=C=C=C1. The van der Waals surface area contributed by atoms with Gasteiger partial charge in [0.2, 0.25) is 15.9 Å². The van der Waals surface area contributed by atoms with Crippen LogP contribution >= 0.6 is 0 Å². The molecular formula is C25H26N6O6S. The van der Waals surface area contributed by atoms with Crippen LogP contribution in [0.2, 0.25) is 0 Å². The van der Waals surface area contributed by atoms with Gasteiger partial charge >= 0.3 is 0 Å². The number of anilines is 1. The van der Waals surface area contributed by atoms with Crippen LogP contribution in [-0.4, -0.2) is 69.1 Å². The van der Waals surface area contributed by atoms with Gasteiger partial charge in [-0.05, 0) is 50.5 Å². The second kappa shape index (κ2) is 10.3. The second-order valence-corrected chi connectivity index (χ2v) is 10.7. The van der Waals surface area contributed by atoms with E-state index in [-0.39, 0.29) is 40.1 Å². The van der Waals surface area contributed by atoms with E-state index >= 15 is 0 Å². The van der Waals surface area contributed by atoms with E-state index in [1.54, 1.807) is 12.1 Å². The first-order chi connectivity index (χ1) is 18.3. The van der Waals surface area contributed by atoms with Gasteiger partial charge in [0.25, 0.3) is 0 Å². The highest BCUT2D eigenvalue weighted by atomic mass is 32.2. The standard InChI is InChI=1S/C25H26N6O6S/c1-3-37-21-9-4-6-17(27-21)24-29-23-25(31(24)22-18(33)7-5-8-19(22)36-2)28-20(14-26-23)30-38(34,35)16-12-10-15(32)11-13-16/h5,7-9,14-16,32-33H,3,10-13H2,1-2H3,(H,28,30). The van der Waals surface area contributed by atoms with E-state index in [9.17, 15) is 18.6 Å². The fraction of sp³-hybridized carbons (Fsp3) is 0.360. The molecule has 1 aliphatic heterocycles. The van der Waals surface area contributed by atoms with Crippen molar-refractivity contribution in [2.24, 2.45) is 4.99 Å². The van der Waals surface area contributed by atoms with Crippen molar-refractivity contribution in [2.45, 2.75) is 44.0 Å².